The predicted octanol–water partition coefficient (Wildman–Crippen LogP) is 3.21. The van der Waals surface area contributed by atoms with E-state index >= 15 is 0 Å². The van der Waals surface area contributed by atoms with Gasteiger partial charge in [-0.15, -0.1) is 0 Å². The van der Waals surface area contributed by atoms with Gasteiger partial charge in [-0.3, -0.25) is 4.79 Å². The molecule has 1 amide bonds. The average Bonchev–Trinajstić information content (AvgIpc) is 2.74. The molecule has 1 atom stereocenters. The van der Waals surface area contributed by atoms with Crippen LogP contribution in [0.3, 0.4) is 0 Å². The molecule has 11 heteroatoms. The molecule has 2 aromatic carbocycles. The van der Waals surface area contributed by atoms with Gasteiger partial charge in [0.2, 0.25) is 15.9 Å². The van der Waals surface area contributed by atoms with Crippen LogP contribution in [0.1, 0.15) is 19.4 Å². The summed E-state index contributed by atoms with van der Waals surface area (Å²) in [5, 5.41) is 2.57. The molecular weight excluding hydrogens is 449 g/mol. The minimum Gasteiger partial charge on any atom is -0.497 e. The highest BCUT2D eigenvalue weighted by Gasteiger charge is 2.30. The normalized spacial score (nSPS) is 13.0. The zero-order valence-electron chi connectivity index (χ0n) is 17.8. The molecule has 0 unspecified atom stereocenters. The summed E-state index contributed by atoms with van der Waals surface area (Å²) >= 11 is 0. The SMILES string of the molecule is COc1ccc(S(=O)(=O)N[C@H](C(=O)NCCOc2ccc(C(F)(F)F)cc2)C(C)C)cc1. The van der Waals surface area contributed by atoms with Gasteiger partial charge in [-0.25, -0.2) is 8.42 Å². The fraction of sp³-hybridized carbons (Fsp3) is 0.381. The average molecular weight is 475 g/mol. The Hall–Kier alpha value is -2.79. The van der Waals surface area contributed by atoms with E-state index in [1.54, 1.807) is 13.8 Å². The van der Waals surface area contributed by atoms with E-state index in [0.717, 1.165) is 12.1 Å². The summed E-state index contributed by atoms with van der Waals surface area (Å²) in [5.74, 6) is -0.185. The Bertz CT molecular complexity index is 992. The van der Waals surface area contributed by atoms with Crippen LogP contribution in [-0.2, 0) is 21.0 Å². The number of hydrogen-bond donors (Lipinski definition) is 2. The van der Waals surface area contributed by atoms with Crippen molar-refractivity contribution in [1.29, 1.82) is 0 Å². The van der Waals surface area contributed by atoms with Gasteiger partial charge in [0.05, 0.1) is 24.1 Å². The lowest BCUT2D eigenvalue weighted by Crippen LogP contribution is -2.50. The van der Waals surface area contributed by atoms with Crippen molar-refractivity contribution in [2.24, 2.45) is 5.92 Å². The monoisotopic (exact) mass is 474 g/mol. The number of methoxy groups -OCH3 is 1. The number of halogens is 3. The third-order valence-electron chi connectivity index (χ3n) is 4.45. The summed E-state index contributed by atoms with van der Waals surface area (Å²) in [4.78, 5) is 12.5. The number of amides is 1. The molecule has 2 rings (SSSR count). The molecule has 0 aromatic heterocycles. The molecule has 7 nitrogen and oxygen atoms in total. The minimum absolute atomic E-state index is 0.00680. The number of sulfonamides is 1. The standard InChI is InChI=1S/C21H25F3N2O5S/c1-14(2)19(26-32(28,29)18-10-8-16(30-3)9-11-18)20(27)25-12-13-31-17-6-4-15(5-7-17)21(22,23)24/h4-11,14,19,26H,12-13H2,1-3H3,(H,25,27)/t19-/m0/s1. The van der Waals surface area contributed by atoms with Crippen molar-refractivity contribution in [3.63, 3.8) is 0 Å². The molecule has 2 N–H and O–H groups in total. The molecule has 0 aliphatic carbocycles. The topological polar surface area (TPSA) is 93.7 Å². The molecule has 0 fully saturated rings. The van der Waals surface area contributed by atoms with Crippen LogP contribution >= 0.6 is 0 Å². The fourth-order valence-electron chi connectivity index (χ4n) is 2.68. The number of benzene rings is 2. The zero-order chi connectivity index (χ0) is 23.9. The van der Waals surface area contributed by atoms with Crippen molar-refractivity contribution in [3.05, 3.63) is 54.1 Å². The van der Waals surface area contributed by atoms with Crippen molar-refractivity contribution in [1.82, 2.24) is 10.0 Å². The molecule has 0 aliphatic heterocycles. The molecule has 32 heavy (non-hydrogen) atoms. The molecule has 2 aromatic rings. The van der Waals surface area contributed by atoms with E-state index < -0.39 is 33.7 Å². The third kappa shape index (κ3) is 7.13. The maximum absolute atomic E-state index is 12.6. The number of carbonyl (C=O) groups is 1. The van der Waals surface area contributed by atoms with Crippen LogP contribution in [0, 0.1) is 5.92 Å². The Kier molecular flexibility index (Phi) is 8.51. The maximum Gasteiger partial charge on any atom is 0.416 e. The van der Waals surface area contributed by atoms with Gasteiger partial charge in [0.15, 0.2) is 0 Å². The number of hydrogen-bond acceptors (Lipinski definition) is 5. The fourth-order valence-corrected chi connectivity index (χ4v) is 4.02. The van der Waals surface area contributed by atoms with Crippen LogP contribution in [0.5, 0.6) is 11.5 Å². The second-order valence-corrected chi connectivity index (χ2v) is 8.89. The Labute approximate surface area is 185 Å². The first-order valence-electron chi connectivity index (χ1n) is 9.68. The zero-order valence-corrected chi connectivity index (χ0v) is 18.6. The summed E-state index contributed by atoms with van der Waals surface area (Å²) in [6.45, 7) is 3.42. The van der Waals surface area contributed by atoms with Crippen molar-refractivity contribution in [2.75, 3.05) is 20.3 Å². The number of alkyl halides is 3. The van der Waals surface area contributed by atoms with E-state index in [9.17, 15) is 26.4 Å². The van der Waals surface area contributed by atoms with E-state index in [4.69, 9.17) is 9.47 Å². The quantitative estimate of drug-likeness (QED) is 0.516. The summed E-state index contributed by atoms with van der Waals surface area (Å²) in [6, 6.07) is 8.87. The van der Waals surface area contributed by atoms with Gasteiger partial charge in [0.25, 0.3) is 0 Å². The molecule has 0 spiro atoms. The van der Waals surface area contributed by atoms with Crippen LogP contribution in [0.25, 0.3) is 0 Å². The molecule has 0 saturated heterocycles. The second-order valence-electron chi connectivity index (χ2n) is 7.18. The van der Waals surface area contributed by atoms with E-state index in [-0.39, 0.29) is 29.7 Å². The van der Waals surface area contributed by atoms with E-state index in [1.165, 1.54) is 43.5 Å². The third-order valence-corrected chi connectivity index (χ3v) is 5.91. The molecule has 176 valence electrons. The maximum atomic E-state index is 12.6. The Balaban J connectivity index is 1.91. The molecule has 0 saturated carbocycles. The minimum atomic E-state index is -4.43. The molecule has 0 aliphatic rings. The number of rotatable bonds is 10. The Morgan fingerprint density at radius 3 is 2.06 bits per heavy atom. The summed E-state index contributed by atoms with van der Waals surface area (Å²) in [6.07, 6.45) is -4.43. The number of carbonyl (C=O) groups excluding carboxylic acids is 1. The first-order chi connectivity index (χ1) is 14.9. The van der Waals surface area contributed by atoms with Gasteiger partial charge in [0.1, 0.15) is 24.1 Å². The van der Waals surface area contributed by atoms with Crippen molar-refractivity contribution < 1.29 is 35.9 Å². The Morgan fingerprint density at radius 2 is 1.56 bits per heavy atom. The van der Waals surface area contributed by atoms with Crippen LogP contribution in [-0.4, -0.2) is 40.6 Å². The largest absolute Gasteiger partial charge is 0.497 e. The molecular formula is C21H25F3N2O5S. The van der Waals surface area contributed by atoms with Crippen molar-refractivity contribution in [3.8, 4) is 11.5 Å². The number of nitrogens with one attached hydrogen (secondary N) is 2. The molecule has 0 heterocycles. The summed E-state index contributed by atoms with van der Waals surface area (Å²) in [7, 11) is -2.49. The van der Waals surface area contributed by atoms with Gasteiger partial charge >= 0.3 is 6.18 Å². The first kappa shape index (κ1) is 25.5. The van der Waals surface area contributed by atoms with Crippen LogP contribution in [0.2, 0.25) is 0 Å². The van der Waals surface area contributed by atoms with E-state index in [2.05, 4.69) is 10.0 Å². The van der Waals surface area contributed by atoms with Gasteiger partial charge < -0.3 is 14.8 Å². The van der Waals surface area contributed by atoms with E-state index in [0.29, 0.717) is 5.75 Å². The lowest BCUT2D eigenvalue weighted by Gasteiger charge is -2.21. The smallest absolute Gasteiger partial charge is 0.416 e. The lowest BCUT2D eigenvalue weighted by atomic mass is 10.1. The van der Waals surface area contributed by atoms with Crippen LogP contribution in [0.15, 0.2) is 53.4 Å². The highest BCUT2D eigenvalue weighted by Crippen LogP contribution is 2.30. The van der Waals surface area contributed by atoms with Gasteiger partial charge in [-0.2, -0.15) is 17.9 Å². The number of ether oxygens (including phenoxy) is 2. The van der Waals surface area contributed by atoms with Crippen LogP contribution < -0.4 is 19.5 Å². The van der Waals surface area contributed by atoms with E-state index in [1.807, 2.05) is 0 Å². The first-order valence-corrected chi connectivity index (χ1v) is 11.2. The summed E-state index contributed by atoms with van der Waals surface area (Å²) < 4.78 is 75.7. The van der Waals surface area contributed by atoms with Gasteiger partial charge in [0, 0.05) is 0 Å². The highest BCUT2D eigenvalue weighted by molar-refractivity contribution is 7.89. The van der Waals surface area contributed by atoms with Gasteiger partial charge in [-0.1, -0.05) is 13.8 Å². The molecule has 0 radical (unpaired) electrons. The summed E-state index contributed by atoms with van der Waals surface area (Å²) in [5.41, 5.74) is -0.790. The predicted molar refractivity (Wildman–Crippen MR) is 112 cm³/mol. The highest BCUT2D eigenvalue weighted by atomic mass is 32.2. The molecule has 0 bridgehead atoms. The second kappa shape index (κ2) is 10.7. The van der Waals surface area contributed by atoms with Crippen molar-refractivity contribution in [2.45, 2.75) is 31.0 Å². The van der Waals surface area contributed by atoms with Crippen molar-refractivity contribution >= 4 is 15.9 Å². The van der Waals surface area contributed by atoms with Crippen LogP contribution in [0.4, 0.5) is 13.2 Å². The lowest BCUT2D eigenvalue weighted by molar-refractivity contribution is -0.137. The Morgan fingerprint density at radius 1 is 1.00 bits per heavy atom. The van der Waals surface area contributed by atoms with Gasteiger partial charge in [-0.05, 0) is 54.4 Å².